The van der Waals surface area contributed by atoms with Gasteiger partial charge in [0.1, 0.15) is 11.6 Å². The van der Waals surface area contributed by atoms with Crippen molar-refractivity contribution < 1.29 is 8.78 Å². The van der Waals surface area contributed by atoms with Crippen molar-refractivity contribution in [3.63, 3.8) is 0 Å². The molecule has 0 amide bonds. The normalized spacial score (nSPS) is 12.4. The van der Waals surface area contributed by atoms with Crippen molar-refractivity contribution >= 4 is 15.9 Å². The molecule has 0 bridgehead atoms. The summed E-state index contributed by atoms with van der Waals surface area (Å²) in [5.74, 6) is -0.965. The number of rotatable bonds is 5. The molecule has 0 nitrogen and oxygen atoms in total. The average molecular weight is 353 g/mol. The van der Waals surface area contributed by atoms with Crippen molar-refractivity contribution in [1.82, 2.24) is 0 Å². The van der Waals surface area contributed by atoms with Gasteiger partial charge in [-0.25, -0.2) is 8.78 Å². The molecule has 0 aromatic heterocycles. The van der Waals surface area contributed by atoms with Crippen molar-refractivity contribution in [2.45, 2.75) is 37.9 Å². The second-order valence-corrected chi connectivity index (χ2v) is 6.22. The van der Waals surface area contributed by atoms with Crippen LogP contribution < -0.4 is 0 Å². The molecule has 0 saturated carbocycles. The van der Waals surface area contributed by atoms with Crippen LogP contribution in [-0.4, -0.2) is 0 Å². The van der Waals surface area contributed by atoms with Gasteiger partial charge in [0.25, 0.3) is 0 Å². The first-order chi connectivity index (χ1) is 10.1. The SMILES string of the molecule is CCc1ccc(CC)c(C(Br)Cc2c(F)cccc2F)c1. The van der Waals surface area contributed by atoms with E-state index in [0.717, 1.165) is 18.4 Å². The first-order valence-electron chi connectivity index (χ1n) is 7.25. The Bertz CT molecular complexity index is 602. The molecule has 21 heavy (non-hydrogen) atoms. The van der Waals surface area contributed by atoms with E-state index in [1.807, 2.05) is 0 Å². The Morgan fingerprint density at radius 1 is 1.00 bits per heavy atom. The van der Waals surface area contributed by atoms with Gasteiger partial charge >= 0.3 is 0 Å². The third-order valence-corrected chi connectivity index (χ3v) is 4.60. The van der Waals surface area contributed by atoms with Gasteiger partial charge in [0.05, 0.1) is 0 Å². The summed E-state index contributed by atoms with van der Waals surface area (Å²) in [5, 5.41) is 0. The van der Waals surface area contributed by atoms with Crippen molar-refractivity contribution in [3.8, 4) is 0 Å². The summed E-state index contributed by atoms with van der Waals surface area (Å²) in [7, 11) is 0. The summed E-state index contributed by atoms with van der Waals surface area (Å²) in [6.45, 7) is 4.19. The Labute approximate surface area is 133 Å². The minimum Gasteiger partial charge on any atom is -0.207 e. The zero-order valence-electron chi connectivity index (χ0n) is 12.3. The molecule has 112 valence electrons. The monoisotopic (exact) mass is 352 g/mol. The molecule has 2 aromatic rings. The molecule has 0 N–H and O–H groups in total. The average Bonchev–Trinajstić information content (AvgIpc) is 2.50. The molecule has 0 spiro atoms. The van der Waals surface area contributed by atoms with E-state index >= 15 is 0 Å². The van der Waals surface area contributed by atoms with Crippen LogP contribution in [0.2, 0.25) is 0 Å². The highest BCUT2D eigenvalue weighted by Gasteiger charge is 2.17. The van der Waals surface area contributed by atoms with Crippen LogP contribution in [-0.2, 0) is 19.3 Å². The smallest absolute Gasteiger partial charge is 0.129 e. The fourth-order valence-electron chi connectivity index (χ4n) is 2.49. The van der Waals surface area contributed by atoms with E-state index < -0.39 is 11.6 Å². The molecular formula is C18H19BrF2. The van der Waals surface area contributed by atoms with Crippen molar-refractivity contribution in [2.24, 2.45) is 0 Å². The Kier molecular flexibility index (Phi) is 5.51. The standard InChI is InChI=1S/C18H19BrF2/c1-3-12-8-9-13(4-2)14(10-12)16(19)11-15-17(20)6-5-7-18(15)21/h5-10,16H,3-4,11H2,1-2H3. The summed E-state index contributed by atoms with van der Waals surface area (Å²) in [5.41, 5.74) is 3.72. The first-order valence-corrected chi connectivity index (χ1v) is 8.17. The predicted octanol–water partition coefficient (Wildman–Crippen LogP) is 5.77. The molecule has 0 radical (unpaired) electrons. The third-order valence-electron chi connectivity index (χ3n) is 3.78. The molecule has 0 saturated heterocycles. The molecule has 3 heteroatoms. The zero-order valence-corrected chi connectivity index (χ0v) is 13.9. The summed E-state index contributed by atoms with van der Waals surface area (Å²) in [4.78, 5) is -0.0923. The number of alkyl halides is 1. The molecule has 0 aliphatic heterocycles. The van der Waals surface area contributed by atoms with Crippen LogP contribution >= 0.6 is 15.9 Å². The number of hydrogen-bond donors (Lipinski definition) is 0. The summed E-state index contributed by atoms with van der Waals surface area (Å²) in [6, 6.07) is 10.4. The van der Waals surface area contributed by atoms with Crippen LogP contribution in [0.3, 0.4) is 0 Å². The number of benzene rings is 2. The predicted molar refractivity (Wildman–Crippen MR) is 86.9 cm³/mol. The molecule has 1 atom stereocenters. The van der Waals surface area contributed by atoms with Crippen molar-refractivity contribution in [3.05, 3.63) is 70.3 Å². The molecule has 2 aromatic carbocycles. The minimum atomic E-state index is -0.482. The maximum atomic E-state index is 13.8. The summed E-state index contributed by atoms with van der Waals surface area (Å²) >= 11 is 3.61. The quantitative estimate of drug-likeness (QED) is 0.599. The van der Waals surface area contributed by atoms with Gasteiger partial charge < -0.3 is 0 Å². The van der Waals surface area contributed by atoms with E-state index in [-0.39, 0.29) is 10.4 Å². The number of halogens is 3. The second-order valence-electron chi connectivity index (χ2n) is 5.11. The minimum absolute atomic E-state index is 0.0923. The second kappa shape index (κ2) is 7.17. The fraction of sp³-hybridized carbons (Fsp3) is 0.333. The molecule has 0 fully saturated rings. The molecular weight excluding hydrogens is 334 g/mol. The highest BCUT2D eigenvalue weighted by atomic mass is 79.9. The maximum Gasteiger partial charge on any atom is 0.129 e. The molecule has 0 aliphatic rings. The van der Waals surface area contributed by atoms with Crippen molar-refractivity contribution in [1.29, 1.82) is 0 Å². The Morgan fingerprint density at radius 3 is 2.24 bits per heavy atom. The zero-order chi connectivity index (χ0) is 15.4. The van der Waals surface area contributed by atoms with Gasteiger partial charge in [-0.15, -0.1) is 0 Å². The Hall–Kier alpha value is -1.22. The highest BCUT2D eigenvalue weighted by Crippen LogP contribution is 2.32. The van der Waals surface area contributed by atoms with Crippen LogP contribution in [0, 0.1) is 11.6 Å². The topological polar surface area (TPSA) is 0 Å². The van der Waals surface area contributed by atoms with E-state index in [4.69, 9.17) is 0 Å². The molecule has 1 unspecified atom stereocenters. The van der Waals surface area contributed by atoms with Gasteiger partial charge in [-0.1, -0.05) is 54.0 Å². The lowest BCUT2D eigenvalue weighted by Gasteiger charge is -2.17. The van der Waals surface area contributed by atoms with E-state index in [1.54, 1.807) is 0 Å². The van der Waals surface area contributed by atoms with E-state index in [1.165, 1.54) is 29.3 Å². The number of hydrogen-bond acceptors (Lipinski definition) is 0. The van der Waals surface area contributed by atoms with Crippen LogP contribution in [0.5, 0.6) is 0 Å². The van der Waals surface area contributed by atoms with E-state index in [2.05, 4.69) is 48.0 Å². The van der Waals surface area contributed by atoms with Gasteiger partial charge in [0, 0.05) is 10.4 Å². The van der Waals surface area contributed by atoms with Gasteiger partial charge in [-0.05, 0) is 48.1 Å². The van der Waals surface area contributed by atoms with Gasteiger partial charge in [0.2, 0.25) is 0 Å². The molecule has 0 heterocycles. The summed E-state index contributed by atoms with van der Waals surface area (Å²) < 4.78 is 27.6. The van der Waals surface area contributed by atoms with Crippen molar-refractivity contribution in [2.75, 3.05) is 0 Å². The molecule has 0 aliphatic carbocycles. The Balaban J connectivity index is 2.33. The van der Waals surface area contributed by atoms with Crippen LogP contribution in [0.25, 0.3) is 0 Å². The highest BCUT2D eigenvalue weighted by molar-refractivity contribution is 9.09. The molecule has 2 rings (SSSR count). The Morgan fingerprint density at radius 2 is 1.67 bits per heavy atom. The van der Waals surface area contributed by atoms with Gasteiger partial charge in [0.15, 0.2) is 0 Å². The first kappa shape index (κ1) is 16.2. The lowest BCUT2D eigenvalue weighted by molar-refractivity contribution is 0.554. The maximum absolute atomic E-state index is 13.8. The summed E-state index contributed by atoms with van der Waals surface area (Å²) in [6.07, 6.45) is 2.16. The lowest BCUT2D eigenvalue weighted by Crippen LogP contribution is -2.04. The largest absolute Gasteiger partial charge is 0.207 e. The number of aryl methyl sites for hydroxylation is 2. The van der Waals surface area contributed by atoms with E-state index in [0.29, 0.717) is 6.42 Å². The van der Waals surface area contributed by atoms with Gasteiger partial charge in [-0.3, -0.25) is 0 Å². The van der Waals surface area contributed by atoms with Crippen LogP contribution in [0.15, 0.2) is 36.4 Å². The van der Waals surface area contributed by atoms with Gasteiger partial charge in [-0.2, -0.15) is 0 Å². The van der Waals surface area contributed by atoms with Crippen LogP contribution in [0.1, 0.15) is 40.9 Å². The fourth-order valence-corrected chi connectivity index (χ4v) is 3.24. The van der Waals surface area contributed by atoms with E-state index in [9.17, 15) is 8.78 Å². The van der Waals surface area contributed by atoms with Crippen LogP contribution in [0.4, 0.5) is 8.78 Å². The lowest BCUT2D eigenvalue weighted by atomic mass is 9.95. The third kappa shape index (κ3) is 3.70.